The van der Waals surface area contributed by atoms with Gasteiger partial charge in [-0.2, -0.15) is 0 Å². The first-order chi connectivity index (χ1) is 12.9. The Hall–Kier alpha value is -1.78. The molecule has 0 aromatic carbocycles. The van der Waals surface area contributed by atoms with E-state index in [1.165, 1.54) is 0 Å². The average molecular weight is 394 g/mol. The molecule has 0 bridgehead atoms. The SMILES string of the molecule is C=CC(=O)O.C=CC(=O)OCCOCCCC.CCOC(O)COCCO. The van der Waals surface area contributed by atoms with E-state index < -0.39 is 18.2 Å². The summed E-state index contributed by atoms with van der Waals surface area (Å²) in [5, 5.41) is 24.7. The molecule has 0 aromatic rings. The fourth-order valence-corrected chi connectivity index (χ4v) is 1.10. The molecule has 27 heavy (non-hydrogen) atoms. The van der Waals surface area contributed by atoms with Gasteiger partial charge in [0.05, 0.1) is 26.4 Å². The number of carboxylic acids is 1. The summed E-state index contributed by atoms with van der Waals surface area (Å²) in [4.78, 5) is 19.8. The molecule has 0 radical (unpaired) electrons. The summed E-state index contributed by atoms with van der Waals surface area (Å²) in [6.07, 6.45) is 3.28. The van der Waals surface area contributed by atoms with Crippen molar-refractivity contribution < 1.29 is 43.9 Å². The fourth-order valence-electron chi connectivity index (χ4n) is 1.10. The van der Waals surface area contributed by atoms with Crippen LogP contribution in [0.4, 0.5) is 0 Å². The Morgan fingerprint density at radius 2 is 1.67 bits per heavy atom. The summed E-state index contributed by atoms with van der Waals surface area (Å²) >= 11 is 0. The Kier molecular flexibility index (Phi) is 29.4. The normalized spacial score (nSPS) is 10.4. The van der Waals surface area contributed by atoms with Gasteiger partial charge in [-0.3, -0.25) is 0 Å². The molecule has 1 unspecified atom stereocenters. The van der Waals surface area contributed by atoms with Crippen LogP contribution in [0, 0.1) is 0 Å². The van der Waals surface area contributed by atoms with Crippen LogP contribution < -0.4 is 0 Å². The van der Waals surface area contributed by atoms with Crippen LogP contribution in [0.2, 0.25) is 0 Å². The van der Waals surface area contributed by atoms with Gasteiger partial charge in [-0.05, 0) is 13.3 Å². The summed E-state index contributed by atoms with van der Waals surface area (Å²) in [6.45, 7) is 12.4. The number of rotatable bonds is 14. The van der Waals surface area contributed by atoms with E-state index in [1.807, 2.05) is 0 Å². The third kappa shape index (κ3) is 36.0. The van der Waals surface area contributed by atoms with E-state index in [1.54, 1.807) is 6.92 Å². The van der Waals surface area contributed by atoms with Crippen molar-refractivity contribution in [2.24, 2.45) is 0 Å². The lowest BCUT2D eigenvalue weighted by atomic mass is 10.4. The second-order valence-corrected chi connectivity index (χ2v) is 4.59. The number of aliphatic carboxylic acids is 1. The van der Waals surface area contributed by atoms with Gasteiger partial charge >= 0.3 is 11.9 Å². The predicted octanol–water partition coefficient (Wildman–Crippen LogP) is 1.14. The molecule has 0 saturated heterocycles. The number of unbranched alkanes of at least 4 members (excludes halogenated alkanes) is 1. The zero-order valence-corrected chi connectivity index (χ0v) is 16.3. The second kappa shape index (κ2) is 26.4. The Labute approximate surface area is 161 Å². The number of esters is 1. The Balaban J connectivity index is -0.000000347. The van der Waals surface area contributed by atoms with Crippen LogP contribution in [0.3, 0.4) is 0 Å². The first-order valence-electron chi connectivity index (χ1n) is 8.59. The number of aliphatic hydroxyl groups is 2. The molecule has 0 aliphatic carbocycles. The molecule has 3 N–H and O–H groups in total. The van der Waals surface area contributed by atoms with E-state index in [-0.39, 0.29) is 19.8 Å². The number of aliphatic hydroxyl groups excluding tert-OH is 2. The first kappa shape index (κ1) is 30.0. The number of carboxylic acid groups (broad SMARTS) is 1. The monoisotopic (exact) mass is 394 g/mol. The van der Waals surface area contributed by atoms with E-state index in [0.29, 0.717) is 19.8 Å². The van der Waals surface area contributed by atoms with Crippen LogP contribution >= 0.6 is 0 Å². The minimum Gasteiger partial charge on any atom is -0.478 e. The molecule has 0 fully saturated rings. The van der Waals surface area contributed by atoms with Crippen molar-refractivity contribution in [3.63, 3.8) is 0 Å². The Morgan fingerprint density at radius 1 is 1.04 bits per heavy atom. The molecule has 9 heteroatoms. The minimum atomic E-state index is -0.981. The molecule has 0 amide bonds. The van der Waals surface area contributed by atoms with Crippen molar-refractivity contribution >= 4 is 11.9 Å². The third-order valence-corrected chi connectivity index (χ3v) is 2.31. The van der Waals surface area contributed by atoms with Gasteiger partial charge < -0.3 is 34.3 Å². The van der Waals surface area contributed by atoms with Crippen LogP contribution in [0.5, 0.6) is 0 Å². The van der Waals surface area contributed by atoms with Crippen molar-refractivity contribution in [3.8, 4) is 0 Å². The fraction of sp³-hybridized carbons (Fsp3) is 0.667. The van der Waals surface area contributed by atoms with Crippen molar-refractivity contribution in [2.45, 2.75) is 33.0 Å². The van der Waals surface area contributed by atoms with Gasteiger partial charge in [-0.25, -0.2) is 9.59 Å². The highest BCUT2D eigenvalue weighted by atomic mass is 16.6. The number of carbonyl (C=O) groups excluding carboxylic acids is 1. The predicted molar refractivity (Wildman–Crippen MR) is 100 cm³/mol. The molecule has 0 saturated carbocycles. The van der Waals surface area contributed by atoms with E-state index >= 15 is 0 Å². The highest BCUT2D eigenvalue weighted by Crippen LogP contribution is 1.88. The molecular weight excluding hydrogens is 360 g/mol. The lowest BCUT2D eigenvalue weighted by Gasteiger charge is -2.09. The maximum Gasteiger partial charge on any atom is 0.330 e. The zero-order valence-electron chi connectivity index (χ0n) is 16.3. The second-order valence-electron chi connectivity index (χ2n) is 4.59. The molecule has 0 spiro atoms. The molecule has 0 aliphatic rings. The highest BCUT2D eigenvalue weighted by Gasteiger charge is 2.00. The van der Waals surface area contributed by atoms with E-state index in [9.17, 15) is 9.59 Å². The quantitative estimate of drug-likeness (QED) is 0.172. The third-order valence-electron chi connectivity index (χ3n) is 2.31. The number of ether oxygens (including phenoxy) is 4. The van der Waals surface area contributed by atoms with Crippen LogP contribution in [0.15, 0.2) is 25.3 Å². The Morgan fingerprint density at radius 3 is 2.11 bits per heavy atom. The van der Waals surface area contributed by atoms with Gasteiger partial charge in [0.1, 0.15) is 6.61 Å². The summed E-state index contributed by atoms with van der Waals surface area (Å²) in [5.41, 5.74) is 0. The van der Waals surface area contributed by atoms with Gasteiger partial charge in [0, 0.05) is 25.4 Å². The zero-order chi connectivity index (χ0) is 21.3. The molecule has 0 aliphatic heterocycles. The largest absolute Gasteiger partial charge is 0.478 e. The molecule has 0 aromatic heterocycles. The first-order valence-corrected chi connectivity index (χ1v) is 8.59. The summed E-state index contributed by atoms with van der Waals surface area (Å²) in [7, 11) is 0. The molecule has 160 valence electrons. The summed E-state index contributed by atoms with van der Waals surface area (Å²) in [6, 6.07) is 0. The summed E-state index contributed by atoms with van der Waals surface area (Å²) < 4.78 is 19.4. The molecule has 9 nitrogen and oxygen atoms in total. The number of hydrogen-bond acceptors (Lipinski definition) is 8. The average Bonchev–Trinajstić information content (AvgIpc) is 2.65. The van der Waals surface area contributed by atoms with Crippen LogP contribution in [-0.2, 0) is 28.5 Å². The van der Waals surface area contributed by atoms with E-state index in [2.05, 4.69) is 24.8 Å². The lowest BCUT2D eigenvalue weighted by Crippen LogP contribution is -2.19. The van der Waals surface area contributed by atoms with Gasteiger partial charge in [-0.15, -0.1) is 0 Å². The standard InChI is InChI=1S/C9H16O3.C6H14O4.C3H4O2/c1-3-5-6-11-7-8-12-9(10)4-2;1-2-10-6(8)5-9-4-3-7;1-2-3(4)5/h4H,2-3,5-8H2,1H3;6-8H,2-5H2,1H3;2H,1H2,(H,4,5). The van der Waals surface area contributed by atoms with Gasteiger partial charge in [-0.1, -0.05) is 26.5 Å². The number of carbonyl (C=O) groups is 2. The lowest BCUT2D eigenvalue weighted by molar-refractivity contribution is -0.139. The van der Waals surface area contributed by atoms with Crippen molar-refractivity contribution in [1.29, 1.82) is 0 Å². The number of hydrogen-bond donors (Lipinski definition) is 3. The van der Waals surface area contributed by atoms with E-state index in [4.69, 9.17) is 29.5 Å². The topological polar surface area (TPSA) is 132 Å². The van der Waals surface area contributed by atoms with E-state index in [0.717, 1.165) is 31.6 Å². The maximum atomic E-state index is 10.5. The molecule has 0 rings (SSSR count). The Bertz CT molecular complexity index is 359. The van der Waals surface area contributed by atoms with Crippen molar-refractivity contribution in [2.75, 3.05) is 46.2 Å². The minimum absolute atomic E-state index is 0.0289. The van der Waals surface area contributed by atoms with Gasteiger partial charge in [0.15, 0.2) is 6.29 Å². The smallest absolute Gasteiger partial charge is 0.330 e. The highest BCUT2D eigenvalue weighted by molar-refractivity contribution is 5.81. The summed E-state index contributed by atoms with van der Waals surface area (Å²) in [5.74, 6) is -1.38. The van der Waals surface area contributed by atoms with Crippen molar-refractivity contribution in [3.05, 3.63) is 25.3 Å². The van der Waals surface area contributed by atoms with Crippen molar-refractivity contribution in [1.82, 2.24) is 0 Å². The van der Waals surface area contributed by atoms with Crippen LogP contribution in [0.25, 0.3) is 0 Å². The van der Waals surface area contributed by atoms with Gasteiger partial charge in [0.2, 0.25) is 0 Å². The van der Waals surface area contributed by atoms with Crippen LogP contribution in [0.1, 0.15) is 26.7 Å². The van der Waals surface area contributed by atoms with Gasteiger partial charge in [0.25, 0.3) is 0 Å². The molecular formula is C18H34O9. The molecule has 0 heterocycles. The maximum absolute atomic E-state index is 10.5. The van der Waals surface area contributed by atoms with Crippen LogP contribution in [-0.4, -0.2) is 79.8 Å². The molecule has 1 atom stereocenters.